The summed E-state index contributed by atoms with van der Waals surface area (Å²) >= 11 is 0. The third-order valence-electron chi connectivity index (χ3n) is 2.03. The lowest BCUT2D eigenvalue weighted by atomic mass is 10.3. The largest absolute Gasteiger partial charge is 0.380 e. The second kappa shape index (κ2) is 3.68. The van der Waals surface area contributed by atoms with Crippen LogP contribution in [-0.2, 0) is 14.8 Å². The van der Waals surface area contributed by atoms with Gasteiger partial charge in [0.1, 0.15) is 4.90 Å². The SMILES string of the molecule is O=S(=O)(N[C@H]1CCOC1)c1cn[nH]c1. The number of nitrogens with zero attached hydrogens (tertiary/aromatic N) is 1. The molecule has 1 atom stereocenters. The van der Waals surface area contributed by atoms with E-state index in [1.807, 2.05) is 0 Å². The third-order valence-corrected chi connectivity index (χ3v) is 3.52. The first-order chi connectivity index (χ1) is 6.68. The molecule has 14 heavy (non-hydrogen) atoms. The molecule has 0 amide bonds. The minimum Gasteiger partial charge on any atom is -0.380 e. The van der Waals surface area contributed by atoms with Crippen molar-refractivity contribution in [1.29, 1.82) is 0 Å². The van der Waals surface area contributed by atoms with Gasteiger partial charge in [-0.2, -0.15) is 5.10 Å². The average molecular weight is 217 g/mol. The minimum absolute atomic E-state index is 0.116. The maximum absolute atomic E-state index is 11.6. The van der Waals surface area contributed by atoms with E-state index in [0.717, 1.165) is 6.42 Å². The van der Waals surface area contributed by atoms with Gasteiger partial charge in [0.25, 0.3) is 0 Å². The van der Waals surface area contributed by atoms with Crippen molar-refractivity contribution in [3.8, 4) is 0 Å². The molecule has 0 spiro atoms. The predicted octanol–water partition coefficient (Wildman–Crippen LogP) is -0.523. The first-order valence-corrected chi connectivity index (χ1v) is 5.76. The molecule has 6 nitrogen and oxygen atoms in total. The molecule has 0 saturated carbocycles. The first kappa shape index (κ1) is 9.63. The zero-order valence-electron chi connectivity index (χ0n) is 7.43. The van der Waals surface area contributed by atoms with Gasteiger partial charge in [-0.3, -0.25) is 5.10 Å². The number of sulfonamides is 1. The number of aromatic amines is 1. The third kappa shape index (κ3) is 1.94. The number of hydrogen-bond acceptors (Lipinski definition) is 4. The lowest BCUT2D eigenvalue weighted by Crippen LogP contribution is -2.34. The highest BCUT2D eigenvalue weighted by Crippen LogP contribution is 2.10. The van der Waals surface area contributed by atoms with E-state index in [4.69, 9.17) is 4.74 Å². The molecular weight excluding hydrogens is 206 g/mol. The Kier molecular flexibility index (Phi) is 2.53. The topological polar surface area (TPSA) is 84.1 Å². The molecule has 1 saturated heterocycles. The van der Waals surface area contributed by atoms with Crippen LogP contribution in [0.4, 0.5) is 0 Å². The van der Waals surface area contributed by atoms with Gasteiger partial charge in [0, 0.05) is 18.8 Å². The molecule has 0 radical (unpaired) electrons. The fourth-order valence-corrected chi connectivity index (χ4v) is 2.46. The van der Waals surface area contributed by atoms with E-state index in [0.29, 0.717) is 13.2 Å². The molecule has 1 aromatic heterocycles. The van der Waals surface area contributed by atoms with E-state index in [1.54, 1.807) is 0 Å². The van der Waals surface area contributed by atoms with Crippen LogP contribution in [0, 0.1) is 0 Å². The molecule has 7 heteroatoms. The van der Waals surface area contributed by atoms with Crippen LogP contribution in [0.3, 0.4) is 0 Å². The Morgan fingerprint density at radius 2 is 2.50 bits per heavy atom. The van der Waals surface area contributed by atoms with Crippen LogP contribution in [0.25, 0.3) is 0 Å². The normalized spacial score (nSPS) is 22.7. The summed E-state index contributed by atoms with van der Waals surface area (Å²) < 4.78 is 30.9. The van der Waals surface area contributed by atoms with Crippen molar-refractivity contribution in [2.24, 2.45) is 0 Å². The quantitative estimate of drug-likeness (QED) is 0.713. The van der Waals surface area contributed by atoms with Gasteiger partial charge in [0.2, 0.25) is 10.0 Å². The lowest BCUT2D eigenvalue weighted by molar-refractivity contribution is 0.192. The highest BCUT2D eigenvalue weighted by Gasteiger charge is 2.23. The Morgan fingerprint density at radius 1 is 1.64 bits per heavy atom. The Balaban J connectivity index is 2.09. The summed E-state index contributed by atoms with van der Waals surface area (Å²) in [4.78, 5) is 0.157. The van der Waals surface area contributed by atoms with Crippen molar-refractivity contribution in [3.05, 3.63) is 12.4 Å². The van der Waals surface area contributed by atoms with Gasteiger partial charge in [-0.15, -0.1) is 0 Å². The van der Waals surface area contributed by atoms with Gasteiger partial charge < -0.3 is 4.74 Å². The maximum atomic E-state index is 11.6. The van der Waals surface area contributed by atoms with E-state index in [-0.39, 0.29) is 10.9 Å². The molecule has 1 aliphatic rings. The van der Waals surface area contributed by atoms with Gasteiger partial charge in [-0.05, 0) is 6.42 Å². The average Bonchev–Trinajstić information content (AvgIpc) is 2.71. The van der Waals surface area contributed by atoms with Crippen LogP contribution in [-0.4, -0.2) is 37.9 Å². The number of nitrogens with one attached hydrogen (secondary N) is 2. The molecule has 0 aliphatic carbocycles. The van der Waals surface area contributed by atoms with Crippen LogP contribution >= 0.6 is 0 Å². The Morgan fingerprint density at radius 3 is 3.07 bits per heavy atom. The van der Waals surface area contributed by atoms with Gasteiger partial charge in [-0.1, -0.05) is 0 Å². The van der Waals surface area contributed by atoms with E-state index in [2.05, 4.69) is 14.9 Å². The zero-order chi connectivity index (χ0) is 10.0. The summed E-state index contributed by atoms with van der Waals surface area (Å²) in [6, 6.07) is -0.116. The molecule has 2 N–H and O–H groups in total. The van der Waals surface area contributed by atoms with E-state index in [9.17, 15) is 8.42 Å². The predicted molar refractivity (Wildman–Crippen MR) is 48.1 cm³/mol. The summed E-state index contributed by atoms with van der Waals surface area (Å²) in [5.41, 5.74) is 0. The van der Waals surface area contributed by atoms with Crippen molar-refractivity contribution < 1.29 is 13.2 Å². The fourth-order valence-electron chi connectivity index (χ4n) is 1.30. The molecule has 0 bridgehead atoms. The van der Waals surface area contributed by atoms with Crippen molar-refractivity contribution >= 4 is 10.0 Å². The van der Waals surface area contributed by atoms with Crippen LogP contribution in [0.5, 0.6) is 0 Å². The van der Waals surface area contributed by atoms with Crippen molar-refractivity contribution in [2.45, 2.75) is 17.4 Å². The Labute approximate surface area is 81.7 Å². The highest BCUT2D eigenvalue weighted by molar-refractivity contribution is 7.89. The number of hydrogen-bond donors (Lipinski definition) is 2. The zero-order valence-corrected chi connectivity index (χ0v) is 8.25. The number of H-pyrrole nitrogens is 1. The number of ether oxygens (including phenoxy) is 1. The molecular formula is C7H11N3O3S. The van der Waals surface area contributed by atoms with E-state index < -0.39 is 10.0 Å². The first-order valence-electron chi connectivity index (χ1n) is 4.27. The fraction of sp³-hybridized carbons (Fsp3) is 0.571. The lowest BCUT2D eigenvalue weighted by Gasteiger charge is -2.09. The molecule has 1 aromatic rings. The summed E-state index contributed by atoms with van der Waals surface area (Å²) in [6.07, 6.45) is 3.34. The Bertz CT molecular complexity index is 380. The smallest absolute Gasteiger partial charge is 0.244 e. The van der Waals surface area contributed by atoms with E-state index in [1.165, 1.54) is 12.4 Å². The van der Waals surface area contributed by atoms with Crippen molar-refractivity contribution in [3.63, 3.8) is 0 Å². The Hall–Kier alpha value is -0.920. The van der Waals surface area contributed by atoms with Crippen molar-refractivity contribution in [1.82, 2.24) is 14.9 Å². The number of rotatable bonds is 3. The van der Waals surface area contributed by atoms with E-state index >= 15 is 0 Å². The molecule has 1 aliphatic heterocycles. The molecule has 78 valence electrons. The van der Waals surface area contributed by atoms with Crippen LogP contribution in [0.15, 0.2) is 17.3 Å². The second-order valence-corrected chi connectivity index (χ2v) is 4.83. The molecule has 2 heterocycles. The monoisotopic (exact) mass is 217 g/mol. The van der Waals surface area contributed by atoms with Gasteiger partial charge in [-0.25, -0.2) is 13.1 Å². The summed E-state index contributed by atoms with van der Waals surface area (Å²) in [6.45, 7) is 1.05. The van der Waals surface area contributed by atoms with Crippen LogP contribution in [0.1, 0.15) is 6.42 Å². The van der Waals surface area contributed by atoms with Crippen LogP contribution < -0.4 is 4.72 Å². The maximum Gasteiger partial charge on any atom is 0.244 e. The van der Waals surface area contributed by atoms with Crippen LogP contribution in [0.2, 0.25) is 0 Å². The summed E-state index contributed by atoms with van der Waals surface area (Å²) in [7, 11) is -3.42. The standard InChI is InChI=1S/C7H11N3O3S/c11-14(12,7-3-8-9-4-7)10-6-1-2-13-5-6/h3-4,6,10H,1-2,5H2,(H,8,9)/t6-/m0/s1. The van der Waals surface area contributed by atoms with Gasteiger partial charge in [0.05, 0.1) is 12.8 Å². The molecule has 2 rings (SSSR count). The number of aromatic nitrogens is 2. The highest BCUT2D eigenvalue weighted by atomic mass is 32.2. The second-order valence-electron chi connectivity index (χ2n) is 3.12. The molecule has 1 fully saturated rings. The summed E-state index contributed by atoms with van der Waals surface area (Å²) in [5, 5.41) is 6.05. The molecule has 0 aromatic carbocycles. The summed E-state index contributed by atoms with van der Waals surface area (Å²) in [5.74, 6) is 0. The minimum atomic E-state index is -3.42. The van der Waals surface area contributed by atoms with Gasteiger partial charge in [0.15, 0.2) is 0 Å². The van der Waals surface area contributed by atoms with Gasteiger partial charge >= 0.3 is 0 Å². The van der Waals surface area contributed by atoms with Crippen molar-refractivity contribution in [2.75, 3.05) is 13.2 Å². The molecule has 0 unspecified atom stereocenters.